The van der Waals surface area contributed by atoms with Crippen LogP contribution in [-0.4, -0.2) is 7.11 Å². The molecule has 0 saturated heterocycles. The first-order valence-electron chi connectivity index (χ1n) is 3.17. The average molecular weight is 219 g/mol. The highest BCUT2D eigenvalue weighted by atomic mass is 79.9. The van der Waals surface area contributed by atoms with Crippen molar-refractivity contribution in [1.29, 1.82) is 0 Å². The molecule has 0 saturated carbocycles. The quantitative estimate of drug-likeness (QED) is 0.742. The second-order valence-corrected chi connectivity index (χ2v) is 3.08. The number of methoxy groups -OCH3 is 1. The molecule has 60 valence electrons. The van der Waals surface area contributed by atoms with Crippen molar-refractivity contribution in [2.75, 3.05) is 7.11 Å². The molecule has 0 spiro atoms. The summed E-state index contributed by atoms with van der Waals surface area (Å²) in [6.07, 6.45) is 0. The highest BCUT2D eigenvalue weighted by Crippen LogP contribution is 2.15. The maximum Gasteiger partial charge on any atom is 0.128 e. The van der Waals surface area contributed by atoms with E-state index in [1.807, 2.05) is 0 Å². The molecule has 0 N–H and O–H groups in total. The van der Waals surface area contributed by atoms with Crippen LogP contribution in [0.5, 0.6) is 0 Å². The molecule has 3 heteroatoms. The molecule has 1 aromatic carbocycles. The van der Waals surface area contributed by atoms with E-state index >= 15 is 0 Å². The van der Waals surface area contributed by atoms with Crippen LogP contribution in [0.25, 0.3) is 0 Å². The van der Waals surface area contributed by atoms with E-state index in [-0.39, 0.29) is 5.82 Å². The van der Waals surface area contributed by atoms with Gasteiger partial charge in [0.05, 0.1) is 6.61 Å². The third kappa shape index (κ3) is 2.27. The van der Waals surface area contributed by atoms with Gasteiger partial charge in [0.25, 0.3) is 0 Å². The molecule has 1 rings (SSSR count). The standard InChI is InChI=1S/C8H8BrFO/c1-11-5-6-4-7(9)2-3-8(6)10/h2-4H,5H2,1H3. The third-order valence-electron chi connectivity index (χ3n) is 1.31. The molecule has 0 fully saturated rings. The van der Waals surface area contributed by atoms with Gasteiger partial charge in [-0.25, -0.2) is 4.39 Å². The van der Waals surface area contributed by atoms with Crippen molar-refractivity contribution in [3.63, 3.8) is 0 Å². The molecule has 0 atom stereocenters. The molecule has 1 nitrogen and oxygen atoms in total. The average Bonchev–Trinajstić information content (AvgIpc) is 1.98. The predicted octanol–water partition coefficient (Wildman–Crippen LogP) is 2.73. The summed E-state index contributed by atoms with van der Waals surface area (Å²) in [4.78, 5) is 0. The van der Waals surface area contributed by atoms with Crippen LogP contribution >= 0.6 is 15.9 Å². The van der Waals surface area contributed by atoms with E-state index in [0.29, 0.717) is 12.2 Å². The molecule has 0 aliphatic rings. The van der Waals surface area contributed by atoms with E-state index in [4.69, 9.17) is 4.74 Å². The second-order valence-electron chi connectivity index (χ2n) is 2.17. The van der Waals surface area contributed by atoms with E-state index in [1.165, 1.54) is 6.07 Å². The Balaban J connectivity index is 2.93. The van der Waals surface area contributed by atoms with Crippen molar-refractivity contribution in [2.24, 2.45) is 0 Å². The lowest BCUT2D eigenvalue weighted by atomic mass is 10.2. The Morgan fingerprint density at radius 1 is 1.55 bits per heavy atom. The SMILES string of the molecule is COCc1cc(Br)ccc1F. The largest absolute Gasteiger partial charge is 0.380 e. The topological polar surface area (TPSA) is 9.23 Å². The molecule has 0 radical (unpaired) electrons. The van der Waals surface area contributed by atoms with Gasteiger partial charge in [-0.15, -0.1) is 0 Å². The van der Waals surface area contributed by atoms with Gasteiger partial charge in [-0.1, -0.05) is 15.9 Å². The maximum atomic E-state index is 12.9. The molecule has 0 unspecified atom stereocenters. The van der Waals surface area contributed by atoms with E-state index in [1.54, 1.807) is 19.2 Å². The fourth-order valence-corrected chi connectivity index (χ4v) is 1.22. The van der Waals surface area contributed by atoms with Crippen LogP contribution in [0.4, 0.5) is 4.39 Å². The predicted molar refractivity (Wildman–Crippen MR) is 44.8 cm³/mol. The first kappa shape index (κ1) is 8.68. The van der Waals surface area contributed by atoms with Gasteiger partial charge in [0, 0.05) is 17.1 Å². The Hall–Kier alpha value is -0.410. The normalized spacial score (nSPS) is 10.1. The monoisotopic (exact) mass is 218 g/mol. The first-order valence-corrected chi connectivity index (χ1v) is 3.96. The molecule has 0 amide bonds. The lowest BCUT2D eigenvalue weighted by molar-refractivity contribution is 0.181. The van der Waals surface area contributed by atoms with Gasteiger partial charge in [-0.3, -0.25) is 0 Å². The Bertz CT molecular complexity index is 250. The van der Waals surface area contributed by atoms with Gasteiger partial charge in [0.2, 0.25) is 0 Å². The minimum atomic E-state index is -0.227. The maximum absolute atomic E-state index is 12.9. The Morgan fingerprint density at radius 3 is 2.91 bits per heavy atom. The van der Waals surface area contributed by atoms with Gasteiger partial charge in [0.1, 0.15) is 5.82 Å². The number of rotatable bonds is 2. The molecule has 0 aromatic heterocycles. The molecule has 11 heavy (non-hydrogen) atoms. The number of benzene rings is 1. The summed E-state index contributed by atoms with van der Waals surface area (Å²) in [6, 6.07) is 4.78. The van der Waals surface area contributed by atoms with Gasteiger partial charge < -0.3 is 4.74 Å². The highest BCUT2D eigenvalue weighted by molar-refractivity contribution is 9.10. The fraction of sp³-hybridized carbons (Fsp3) is 0.250. The van der Waals surface area contributed by atoms with Crippen molar-refractivity contribution >= 4 is 15.9 Å². The van der Waals surface area contributed by atoms with Crippen LogP contribution in [0.2, 0.25) is 0 Å². The van der Waals surface area contributed by atoms with Gasteiger partial charge in [-0.2, -0.15) is 0 Å². The summed E-state index contributed by atoms with van der Waals surface area (Å²) in [6.45, 7) is 0.311. The second kappa shape index (κ2) is 3.83. The summed E-state index contributed by atoms with van der Waals surface area (Å²) < 4.78 is 18.5. The van der Waals surface area contributed by atoms with E-state index in [0.717, 1.165) is 4.47 Å². The summed E-state index contributed by atoms with van der Waals surface area (Å²) in [5.74, 6) is -0.227. The zero-order chi connectivity index (χ0) is 8.27. The zero-order valence-corrected chi connectivity index (χ0v) is 7.69. The van der Waals surface area contributed by atoms with Crippen LogP contribution in [0.1, 0.15) is 5.56 Å². The van der Waals surface area contributed by atoms with Crippen LogP contribution < -0.4 is 0 Å². The van der Waals surface area contributed by atoms with Crippen molar-refractivity contribution in [2.45, 2.75) is 6.61 Å². The molecular formula is C8H8BrFO. The fourth-order valence-electron chi connectivity index (χ4n) is 0.809. The van der Waals surface area contributed by atoms with E-state index < -0.39 is 0 Å². The van der Waals surface area contributed by atoms with Crippen LogP contribution in [0, 0.1) is 5.82 Å². The number of halogens is 2. The minimum absolute atomic E-state index is 0.227. The van der Waals surface area contributed by atoms with Crippen molar-refractivity contribution in [3.05, 3.63) is 34.1 Å². The molecule has 0 aliphatic carbocycles. The van der Waals surface area contributed by atoms with Crippen LogP contribution in [-0.2, 0) is 11.3 Å². The molecule has 1 aromatic rings. The molecular weight excluding hydrogens is 211 g/mol. The third-order valence-corrected chi connectivity index (χ3v) is 1.80. The highest BCUT2D eigenvalue weighted by Gasteiger charge is 2.00. The Labute approximate surface area is 73.3 Å². The van der Waals surface area contributed by atoms with Gasteiger partial charge >= 0.3 is 0 Å². The number of hydrogen-bond acceptors (Lipinski definition) is 1. The Kier molecular flexibility index (Phi) is 3.02. The summed E-state index contributed by atoms with van der Waals surface area (Å²) in [5, 5.41) is 0. The molecule has 0 heterocycles. The van der Waals surface area contributed by atoms with Crippen LogP contribution in [0.3, 0.4) is 0 Å². The van der Waals surface area contributed by atoms with Gasteiger partial charge in [-0.05, 0) is 18.2 Å². The smallest absolute Gasteiger partial charge is 0.128 e. The van der Waals surface area contributed by atoms with E-state index in [2.05, 4.69) is 15.9 Å². The number of ether oxygens (including phenoxy) is 1. The number of hydrogen-bond donors (Lipinski definition) is 0. The van der Waals surface area contributed by atoms with Crippen molar-refractivity contribution < 1.29 is 9.13 Å². The summed E-state index contributed by atoms with van der Waals surface area (Å²) >= 11 is 3.24. The van der Waals surface area contributed by atoms with Crippen molar-refractivity contribution in [1.82, 2.24) is 0 Å². The summed E-state index contributed by atoms with van der Waals surface area (Å²) in [5.41, 5.74) is 0.571. The zero-order valence-electron chi connectivity index (χ0n) is 6.10. The van der Waals surface area contributed by atoms with Crippen molar-refractivity contribution in [3.8, 4) is 0 Å². The van der Waals surface area contributed by atoms with Gasteiger partial charge in [0.15, 0.2) is 0 Å². The van der Waals surface area contributed by atoms with Crippen LogP contribution in [0.15, 0.2) is 22.7 Å². The molecule has 0 bridgehead atoms. The summed E-state index contributed by atoms with van der Waals surface area (Å²) in [7, 11) is 1.54. The van der Waals surface area contributed by atoms with E-state index in [9.17, 15) is 4.39 Å². The Morgan fingerprint density at radius 2 is 2.27 bits per heavy atom. The molecule has 0 aliphatic heterocycles. The lowest BCUT2D eigenvalue weighted by Crippen LogP contribution is -1.91. The lowest BCUT2D eigenvalue weighted by Gasteiger charge is -2.01. The minimum Gasteiger partial charge on any atom is -0.380 e. The first-order chi connectivity index (χ1) is 5.24.